The predicted molar refractivity (Wildman–Crippen MR) is 73.2 cm³/mol. The van der Waals surface area contributed by atoms with Crippen LogP contribution in [0.15, 0.2) is 12.3 Å². The van der Waals surface area contributed by atoms with E-state index >= 15 is 0 Å². The van der Waals surface area contributed by atoms with Crippen LogP contribution in [0, 0.1) is 17.2 Å². The van der Waals surface area contributed by atoms with Crippen LogP contribution in [0.2, 0.25) is 0 Å². The van der Waals surface area contributed by atoms with Gasteiger partial charge in [-0.3, -0.25) is 0 Å². The van der Waals surface area contributed by atoms with Gasteiger partial charge in [0, 0.05) is 19.3 Å². The third kappa shape index (κ3) is 2.56. The van der Waals surface area contributed by atoms with E-state index in [4.69, 9.17) is 11.0 Å². The molecule has 1 aliphatic heterocycles. The quantitative estimate of drug-likeness (QED) is 0.887. The van der Waals surface area contributed by atoms with E-state index in [-0.39, 0.29) is 0 Å². The van der Waals surface area contributed by atoms with Gasteiger partial charge in [0.25, 0.3) is 0 Å². The van der Waals surface area contributed by atoms with Gasteiger partial charge in [-0.1, -0.05) is 19.8 Å². The first-order valence-corrected chi connectivity index (χ1v) is 6.65. The molecule has 0 aromatic carbocycles. The molecular formula is C14H20N4. The second kappa shape index (κ2) is 5.72. The number of pyridine rings is 1. The molecule has 0 atom stereocenters. The molecule has 0 bridgehead atoms. The summed E-state index contributed by atoms with van der Waals surface area (Å²) in [6, 6.07) is 3.78. The lowest BCUT2D eigenvalue weighted by atomic mass is 9.92. The Kier molecular flexibility index (Phi) is 4.03. The van der Waals surface area contributed by atoms with Crippen molar-refractivity contribution in [3.63, 3.8) is 0 Å². The molecule has 0 spiro atoms. The van der Waals surface area contributed by atoms with E-state index in [0.717, 1.165) is 24.8 Å². The minimum absolute atomic E-state index is 0.522. The normalized spacial score (nSPS) is 16.6. The fourth-order valence-electron chi connectivity index (χ4n) is 2.65. The van der Waals surface area contributed by atoms with Gasteiger partial charge < -0.3 is 10.6 Å². The second-order valence-electron chi connectivity index (χ2n) is 4.93. The van der Waals surface area contributed by atoms with E-state index in [1.165, 1.54) is 25.7 Å². The molecule has 96 valence electrons. The van der Waals surface area contributed by atoms with Gasteiger partial charge in [-0.05, 0) is 24.8 Å². The number of aromatic nitrogens is 1. The molecule has 2 N–H and O–H groups in total. The summed E-state index contributed by atoms with van der Waals surface area (Å²) < 4.78 is 0. The Hall–Kier alpha value is -1.76. The lowest BCUT2D eigenvalue weighted by molar-refractivity contribution is 0.377. The van der Waals surface area contributed by atoms with Gasteiger partial charge in [-0.2, -0.15) is 5.26 Å². The van der Waals surface area contributed by atoms with Gasteiger partial charge >= 0.3 is 0 Å². The van der Waals surface area contributed by atoms with Crippen LogP contribution in [0.25, 0.3) is 0 Å². The Balaban J connectivity index is 2.08. The highest BCUT2D eigenvalue weighted by Crippen LogP contribution is 2.29. The summed E-state index contributed by atoms with van der Waals surface area (Å²) in [7, 11) is 0. The Morgan fingerprint density at radius 2 is 2.22 bits per heavy atom. The number of hydrogen-bond acceptors (Lipinski definition) is 4. The van der Waals surface area contributed by atoms with Crippen molar-refractivity contribution in [3.05, 3.63) is 17.8 Å². The average Bonchev–Trinajstić information content (AvgIpc) is 2.41. The van der Waals surface area contributed by atoms with Crippen molar-refractivity contribution >= 4 is 11.5 Å². The monoisotopic (exact) mass is 244 g/mol. The largest absolute Gasteiger partial charge is 0.395 e. The fraction of sp³-hybridized carbons (Fsp3) is 0.571. The molecule has 0 saturated carbocycles. The van der Waals surface area contributed by atoms with Crippen molar-refractivity contribution in [1.29, 1.82) is 5.26 Å². The summed E-state index contributed by atoms with van der Waals surface area (Å²) in [6.07, 6.45) is 6.64. The van der Waals surface area contributed by atoms with Crippen LogP contribution in [0.4, 0.5) is 11.5 Å². The topological polar surface area (TPSA) is 65.9 Å². The molecule has 2 rings (SSSR count). The molecule has 1 aromatic heterocycles. The minimum atomic E-state index is 0.522. The van der Waals surface area contributed by atoms with Gasteiger partial charge in [0.15, 0.2) is 5.82 Å². The molecule has 0 unspecified atom stereocenters. The van der Waals surface area contributed by atoms with Gasteiger partial charge in [-0.25, -0.2) is 4.98 Å². The fourth-order valence-corrected chi connectivity index (χ4v) is 2.65. The summed E-state index contributed by atoms with van der Waals surface area (Å²) in [5.74, 6) is 1.62. The van der Waals surface area contributed by atoms with Crippen LogP contribution >= 0.6 is 0 Å². The molecule has 0 radical (unpaired) electrons. The highest BCUT2D eigenvalue weighted by Gasteiger charge is 2.21. The van der Waals surface area contributed by atoms with Crippen LogP contribution in [0.3, 0.4) is 0 Å². The van der Waals surface area contributed by atoms with Crippen molar-refractivity contribution in [2.24, 2.45) is 5.92 Å². The number of nitriles is 1. The molecule has 1 aliphatic rings. The van der Waals surface area contributed by atoms with Crippen LogP contribution in [-0.4, -0.2) is 18.1 Å². The molecule has 0 amide bonds. The number of hydrogen-bond donors (Lipinski definition) is 1. The number of nitrogens with zero attached hydrogens (tertiary/aromatic N) is 3. The summed E-state index contributed by atoms with van der Waals surface area (Å²) in [4.78, 5) is 6.54. The zero-order valence-electron chi connectivity index (χ0n) is 10.9. The molecule has 18 heavy (non-hydrogen) atoms. The molecule has 4 nitrogen and oxygen atoms in total. The van der Waals surface area contributed by atoms with E-state index in [9.17, 15) is 0 Å². The SMILES string of the molecule is CCCC1CCN(c2nccc(C#N)c2N)CC1. The Morgan fingerprint density at radius 3 is 2.83 bits per heavy atom. The van der Waals surface area contributed by atoms with Crippen molar-refractivity contribution in [3.8, 4) is 6.07 Å². The molecule has 2 heterocycles. The average molecular weight is 244 g/mol. The van der Waals surface area contributed by atoms with Gasteiger partial charge in [-0.15, -0.1) is 0 Å². The Morgan fingerprint density at radius 1 is 1.50 bits per heavy atom. The maximum atomic E-state index is 8.98. The van der Waals surface area contributed by atoms with Crippen LogP contribution in [-0.2, 0) is 0 Å². The number of piperidine rings is 1. The zero-order valence-corrected chi connectivity index (χ0v) is 10.9. The standard InChI is InChI=1S/C14H20N4/c1-2-3-11-5-8-18(9-6-11)14-13(16)12(10-15)4-7-17-14/h4,7,11H,2-3,5-6,8-9,16H2,1H3. The first-order chi connectivity index (χ1) is 8.76. The van der Waals surface area contributed by atoms with Crippen molar-refractivity contribution < 1.29 is 0 Å². The number of nitrogen functional groups attached to an aromatic ring is 1. The van der Waals surface area contributed by atoms with Crippen LogP contribution in [0.1, 0.15) is 38.2 Å². The van der Waals surface area contributed by atoms with E-state index in [1.807, 2.05) is 0 Å². The van der Waals surface area contributed by atoms with Crippen molar-refractivity contribution in [2.45, 2.75) is 32.6 Å². The number of nitrogens with two attached hydrogens (primary N) is 1. The van der Waals surface area contributed by atoms with E-state index in [1.54, 1.807) is 12.3 Å². The zero-order chi connectivity index (χ0) is 13.0. The van der Waals surface area contributed by atoms with Crippen LogP contribution < -0.4 is 10.6 Å². The third-order valence-electron chi connectivity index (χ3n) is 3.70. The first-order valence-electron chi connectivity index (χ1n) is 6.65. The van der Waals surface area contributed by atoms with Crippen molar-refractivity contribution in [2.75, 3.05) is 23.7 Å². The van der Waals surface area contributed by atoms with Gasteiger partial charge in [0.05, 0.1) is 11.3 Å². The lowest BCUT2D eigenvalue weighted by Crippen LogP contribution is -2.34. The lowest BCUT2D eigenvalue weighted by Gasteiger charge is -2.33. The molecule has 0 aliphatic carbocycles. The third-order valence-corrected chi connectivity index (χ3v) is 3.70. The predicted octanol–water partition coefficient (Wildman–Crippen LogP) is 2.55. The number of anilines is 2. The van der Waals surface area contributed by atoms with E-state index in [2.05, 4.69) is 22.9 Å². The highest BCUT2D eigenvalue weighted by molar-refractivity contribution is 5.70. The van der Waals surface area contributed by atoms with E-state index < -0.39 is 0 Å². The minimum Gasteiger partial charge on any atom is -0.395 e. The van der Waals surface area contributed by atoms with Crippen molar-refractivity contribution in [1.82, 2.24) is 4.98 Å². The molecule has 1 aromatic rings. The molecule has 4 heteroatoms. The molecular weight excluding hydrogens is 224 g/mol. The summed E-state index contributed by atoms with van der Waals surface area (Å²) >= 11 is 0. The van der Waals surface area contributed by atoms with Gasteiger partial charge in [0.2, 0.25) is 0 Å². The van der Waals surface area contributed by atoms with Crippen LogP contribution in [0.5, 0.6) is 0 Å². The molecule has 1 fully saturated rings. The van der Waals surface area contributed by atoms with E-state index in [0.29, 0.717) is 11.3 Å². The second-order valence-corrected chi connectivity index (χ2v) is 4.93. The maximum Gasteiger partial charge on any atom is 0.153 e. The van der Waals surface area contributed by atoms with Gasteiger partial charge in [0.1, 0.15) is 6.07 Å². The smallest absolute Gasteiger partial charge is 0.153 e. The highest BCUT2D eigenvalue weighted by atomic mass is 15.2. The molecule has 1 saturated heterocycles. The number of rotatable bonds is 3. The summed E-state index contributed by atoms with van der Waals surface area (Å²) in [5.41, 5.74) is 7.04. The summed E-state index contributed by atoms with van der Waals surface area (Å²) in [6.45, 7) is 4.23. The first kappa shape index (κ1) is 12.7. The summed E-state index contributed by atoms with van der Waals surface area (Å²) in [5, 5.41) is 8.98. The Bertz CT molecular complexity index is 442. The Labute approximate surface area is 108 Å². The maximum absolute atomic E-state index is 8.98.